The third-order valence-electron chi connectivity index (χ3n) is 9.39. The zero-order valence-corrected chi connectivity index (χ0v) is 23.2. The molecule has 2 aromatic rings. The number of amides is 3. The van der Waals surface area contributed by atoms with Gasteiger partial charge in [-0.2, -0.15) is 0 Å². The summed E-state index contributed by atoms with van der Waals surface area (Å²) in [5.41, 5.74) is 8.88. The molecule has 212 valence electrons. The van der Waals surface area contributed by atoms with Crippen molar-refractivity contribution in [1.82, 2.24) is 19.4 Å². The van der Waals surface area contributed by atoms with Crippen molar-refractivity contribution in [2.75, 3.05) is 13.1 Å². The predicted molar refractivity (Wildman–Crippen MR) is 150 cm³/mol. The van der Waals surface area contributed by atoms with E-state index in [1.807, 2.05) is 17.0 Å². The molecule has 1 saturated carbocycles. The Labute approximate surface area is 230 Å². The van der Waals surface area contributed by atoms with Crippen LogP contribution < -0.4 is 16.7 Å². The third-order valence-corrected chi connectivity index (χ3v) is 9.39. The molecule has 2 aliphatic heterocycles. The number of aromatic nitrogens is 2. The van der Waals surface area contributed by atoms with Gasteiger partial charge in [-0.15, -0.1) is 0 Å². The van der Waals surface area contributed by atoms with Crippen LogP contribution in [0.15, 0.2) is 23.0 Å². The molecule has 0 bridgehead atoms. The fraction of sp³-hybridized carbons (Fsp3) is 0.667. The summed E-state index contributed by atoms with van der Waals surface area (Å²) in [5, 5.41) is 2.37. The van der Waals surface area contributed by atoms with Gasteiger partial charge < -0.3 is 10.6 Å². The van der Waals surface area contributed by atoms with Gasteiger partial charge in [-0.25, -0.2) is 4.79 Å². The molecule has 3 N–H and O–H groups in total. The SMILES string of the molecule is Cn1c(=O)n(C2CCC(=O)NC2=O)c2cccc(CCCCC3CCN(C(=O)C(N)C4CCCCC4)CC3)c21. The van der Waals surface area contributed by atoms with Gasteiger partial charge in [0.1, 0.15) is 6.04 Å². The Morgan fingerprint density at radius 2 is 1.77 bits per heavy atom. The number of hydrogen-bond acceptors (Lipinski definition) is 5. The largest absolute Gasteiger partial charge is 0.341 e. The van der Waals surface area contributed by atoms with E-state index >= 15 is 0 Å². The number of unbranched alkanes of at least 4 members (excludes halogenated alkanes) is 1. The topological polar surface area (TPSA) is 119 Å². The van der Waals surface area contributed by atoms with Gasteiger partial charge in [0, 0.05) is 26.6 Å². The zero-order valence-electron chi connectivity index (χ0n) is 23.2. The van der Waals surface area contributed by atoms with Crippen molar-refractivity contribution in [1.29, 1.82) is 0 Å². The first-order valence-corrected chi connectivity index (χ1v) is 14.9. The second kappa shape index (κ2) is 12.1. The van der Waals surface area contributed by atoms with Crippen molar-refractivity contribution in [2.45, 2.75) is 95.6 Å². The molecule has 0 radical (unpaired) electrons. The number of nitrogens with zero attached hydrogens (tertiary/aromatic N) is 3. The highest BCUT2D eigenvalue weighted by Gasteiger charge is 2.33. The molecular weight excluding hydrogens is 494 g/mol. The number of fused-ring (bicyclic) bond motifs is 1. The highest BCUT2D eigenvalue weighted by molar-refractivity contribution is 6.00. The lowest BCUT2D eigenvalue weighted by atomic mass is 9.83. The van der Waals surface area contributed by atoms with Crippen LogP contribution in [0.3, 0.4) is 0 Å². The number of carbonyl (C=O) groups is 3. The number of rotatable bonds is 8. The van der Waals surface area contributed by atoms with E-state index in [-0.39, 0.29) is 30.0 Å². The summed E-state index contributed by atoms with van der Waals surface area (Å²) < 4.78 is 3.19. The number of imide groups is 1. The fourth-order valence-electron chi connectivity index (χ4n) is 7.05. The highest BCUT2D eigenvalue weighted by Crippen LogP contribution is 2.29. The van der Waals surface area contributed by atoms with Crippen LogP contribution in [0.4, 0.5) is 0 Å². The second-order valence-electron chi connectivity index (χ2n) is 11.9. The number of piperidine rings is 2. The number of hydrogen-bond donors (Lipinski definition) is 2. The Morgan fingerprint density at radius 1 is 1.03 bits per heavy atom. The Kier molecular flexibility index (Phi) is 8.54. The summed E-state index contributed by atoms with van der Waals surface area (Å²) in [4.78, 5) is 52.2. The standard InChI is InChI=1S/C30H43N5O4/c1-33-27-22(12-7-13-23(27)35(30(33)39)24-14-15-25(36)32-28(24)37)11-6-5-8-20-16-18-34(19-17-20)29(38)26(31)21-9-3-2-4-10-21/h7,12-13,20-21,24,26H,2-6,8-11,14-19,31H2,1H3,(H,32,36,37). The maximum atomic E-state index is 13.1. The molecule has 3 fully saturated rings. The van der Waals surface area contributed by atoms with Crippen LogP contribution in [0.1, 0.15) is 88.7 Å². The summed E-state index contributed by atoms with van der Waals surface area (Å²) >= 11 is 0. The maximum Gasteiger partial charge on any atom is 0.329 e. The quantitative estimate of drug-likeness (QED) is 0.396. The molecule has 1 aromatic heterocycles. The normalized spacial score (nSPS) is 22.3. The zero-order chi connectivity index (χ0) is 27.5. The molecular formula is C30H43N5O4. The van der Waals surface area contributed by atoms with Gasteiger partial charge in [0.25, 0.3) is 0 Å². The molecule has 9 heteroatoms. The molecule has 0 spiro atoms. The van der Waals surface area contributed by atoms with E-state index in [2.05, 4.69) is 11.4 Å². The summed E-state index contributed by atoms with van der Waals surface area (Å²) in [5.74, 6) is 0.450. The van der Waals surface area contributed by atoms with Crippen LogP contribution in [0.2, 0.25) is 0 Å². The van der Waals surface area contributed by atoms with Crippen LogP contribution in [-0.4, -0.2) is 50.9 Å². The lowest BCUT2D eigenvalue weighted by molar-refractivity contribution is -0.136. The Hall–Kier alpha value is -2.94. The monoisotopic (exact) mass is 537 g/mol. The van der Waals surface area contributed by atoms with Gasteiger partial charge in [-0.1, -0.05) is 44.2 Å². The van der Waals surface area contributed by atoms with Crippen molar-refractivity contribution in [3.05, 3.63) is 34.2 Å². The Bertz CT molecular complexity index is 1270. The van der Waals surface area contributed by atoms with E-state index in [1.165, 1.54) is 19.3 Å². The minimum Gasteiger partial charge on any atom is -0.341 e. The van der Waals surface area contributed by atoms with Crippen LogP contribution in [0.25, 0.3) is 11.0 Å². The number of likely N-dealkylation sites (tertiary alicyclic amines) is 1. The Morgan fingerprint density at radius 3 is 2.49 bits per heavy atom. The van der Waals surface area contributed by atoms with Crippen molar-refractivity contribution in [3.63, 3.8) is 0 Å². The third kappa shape index (κ3) is 5.83. The van der Waals surface area contributed by atoms with Crippen molar-refractivity contribution in [2.24, 2.45) is 24.6 Å². The summed E-state index contributed by atoms with van der Waals surface area (Å²) in [6, 6.07) is 4.91. The molecule has 2 saturated heterocycles. The number of nitrogens with two attached hydrogens (primary N) is 1. The predicted octanol–water partition coefficient (Wildman–Crippen LogP) is 3.18. The number of aryl methyl sites for hydroxylation is 2. The maximum absolute atomic E-state index is 13.1. The van der Waals surface area contributed by atoms with E-state index in [0.717, 1.165) is 81.1 Å². The molecule has 5 rings (SSSR count). The van der Waals surface area contributed by atoms with Crippen molar-refractivity contribution < 1.29 is 14.4 Å². The average Bonchev–Trinajstić information content (AvgIpc) is 3.21. The second-order valence-corrected chi connectivity index (χ2v) is 11.9. The summed E-state index contributed by atoms with van der Waals surface area (Å²) in [6.45, 7) is 1.64. The van der Waals surface area contributed by atoms with Crippen LogP contribution in [-0.2, 0) is 27.9 Å². The molecule has 2 unspecified atom stereocenters. The van der Waals surface area contributed by atoms with Gasteiger partial charge in [0.2, 0.25) is 17.7 Å². The van der Waals surface area contributed by atoms with Crippen LogP contribution >= 0.6 is 0 Å². The summed E-state index contributed by atoms with van der Waals surface area (Å²) in [6.07, 6.45) is 12.6. The first kappa shape index (κ1) is 27.6. The molecule has 2 atom stereocenters. The molecule has 3 heterocycles. The van der Waals surface area contributed by atoms with Gasteiger partial charge in [0.05, 0.1) is 17.1 Å². The fourth-order valence-corrected chi connectivity index (χ4v) is 7.05. The summed E-state index contributed by atoms with van der Waals surface area (Å²) in [7, 11) is 1.76. The molecule has 9 nitrogen and oxygen atoms in total. The average molecular weight is 538 g/mol. The van der Waals surface area contributed by atoms with Crippen LogP contribution in [0, 0.1) is 11.8 Å². The molecule has 3 amide bonds. The lowest BCUT2D eigenvalue weighted by Gasteiger charge is -2.36. The first-order chi connectivity index (χ1) is 18.8. The van der Waals surface area contributed by atoms with Crippen LogP contribution in [0.5, 0.6) is 0 Å². The smallest absolute Gasteiger partial charge is 0.329 e. The Balaban J connectivity index is 1.13. The van der Waals surface area contributed by atoms with E-state index < -0.39 is 11.9 Å². The van der Waals surface area contributed by atoms with Gasteiger partial charge in [0.15, 0.2) is 0 Å². The number of benzene rings is 1. The van der Waals surface area contributed by atoms with E-state index in [0.29, 0.717) is 18.3 Å². The lowest BCUT2D eigenvalue weighted by Crippen LogP contribution is -2.50. The van der Waals surface area contributed by atoms with E-state index in [4.69, 9.17) is 5.73 Å². The van der Waals surface area contributed by atoms with E-state index in [9.17, 15) is 19.2 Å². The number of nitrogens with one attached hydrogen (secondary N) is 1. The minimum atomic E-state index is -0.663. The van der Waals surface area contributed by atoms with Crippen molar-refractivity contribution >= 4 is 28.8 Å². The van der Waals surface area contributed by atoms with Crippen molar-refractivity contribution in [3.8, 4) is 0 Å². The highest BCUT2D eigenvalue weighted by atomic mass is 16.2. The molecule has 1 aliphatic carbocycles. The number of carbonyl (C=O) groups excluding carboxylic acids is 3. The van der Waals surface area contributed by atoms with Gasteiger partial charge in [-0.3, -0.25) is 28.8 Å². The number of para-hydroxylation sites is 1. The molecule has 39 heavy (non-hydrogen) atoms. The first-order valence-electron chi connectivity index (χ1n) is 14.9. The number of imidazole rings is 1. The molecule has 3 aliphatic rings. The van der Waals surface area contributed by atoms with Gasteiger partial charge >= 0.3 is 5.69 Å². The van der Waals surface area contributed by atoms with Gasteiger partial charge in [-0.05, 0) is 68.4 Å². The minimum absolute atomic E-state index is 0.156. The molecule has 1 aromatic carbocycles. The van der Waals surface area contributed by atoms with E-state index in [1.54, 1.807) is 16.2 Å².